The quantitative estimate of drug-likeness (QED) is 0.0544. The number of halogens is 4. The highest BCUT2D eigenvalue weighted by Gasteiger charge is 2.36. The minimum atomic E-state index is -0.141. The van der Waals surface area contributed by atoms with Gasteiger partial charge in [0.05, 0.1) is 21.3 Å². The summed E-state index contributed by atoms with van der Waals surface area (Å²) in [4.78, 5) is 138. The van der Waals surface area contributed by atoms with Crippen LogP contribution in [0.1, 0.15) is 192 Å². The molecule has 0 aromatic heterocycles. The Morgan fingerprint density at radius 2 is 0.407 bits per heavy atom. The second-order valence-electron chi connectivity index (χ2n) is 36.0. The van der Waals surface area contributed by atoms with E-state index in [1.807, 2.05) is 164 Å². The van der Waals surface area contributed by atoms with Gasteiger partial charge >= 0.3 is 0 Å². The van der Waals surface area contributed by atoms with Crippen molar-refractivity contribution >= 4 is 105 Å². The lowest BCUT2D eigenvalue weighted by atomic mass is 9.89. The fraction of sp³-hybridized carbons (Fsp3) is 0.299. The maximum atomic E-state index is 12.7. The van der Waals surface area contributed by atoms with Crippen LogP contribution in [0.25, 0.3) is 0 Å². The Labute approximate surface area is 841 Å². The average Bonchev–Trinajstić information content (AvgIpc) is 0.834. The van der Waals surface area contributed by atoms with E-state index in [0.29, 0.717) is 106 Å². The number of amides is 4. The predicted octanol–water partition coefficient (Wildman–Crippen LogP) is 23.9. The van der Waals surface area contributed by atoms with E-state index in [2.05, 4.69) is 46.2 Å². The highest BCUT2D eigenvalue weighted by Crippen LogP contribution is 2.32. The Balaban J connectivity index is 0.000000141. The molecule has 0 radical (unpaired) electrons. The third-order valence-electron chi connectivity index (χ3n) is 26.2. The highest BCUT2D eigenvalue weighted by molar-refractivity contribution is 6.31. The van der Waals surface area contributed by atoms with E-state index in [1.165, 1.54) is 11.1 Å². The standard InChI is InChI=1S/C20H22ClNO2.2C20H21NO3.2C19H18ClNO2.C19H20ClNO/c1-24-19-10-4-15(5-11-19)13-22-12-2-3-17(14-22)20(23)16-6-8-18(21)9-7-16;1-24-18-11-9-15(10-12-18)19(22)17-8-5-13-21(14-17)20(23)16-6-3-2-4-7-16;1-24-18-11-9-16(10-12-18)20(23)21-13-5-8-17(14-21)19(22)15-6-3-2-4-7-15;20-17-10-8-14(9-11-17)18(22)16-7-4-12-21(13-16)19(23)15-5-2-1-3-6-15;20-17-10-8-15(9-11-17)19(23)21-12-4-7-16(13-21)18(22)14-5-2-1-3-6-14;20-18-10-8-16(9-11-18)19(22)17-7-4-12-21(14-17)13-15-5-2-1-3-6-15/h4-11,17H,2-3,12-14H2,1H3;2*2-4,6-7,9-12,17H,5,8,13-14H2,1H3;2*1-3,5-6,8-11,16H,4,7,12-13H2;1-3,5-6,8-11,17H,4,7,12-14H2. The van der Waals surface area contributed by atoms with Crippen molar-refractivity contribution in [2.45, 2.75) is 90.1 Å². The lowest BCUT2D eigenvalue weighted by molar-refractivity contribution is 0.0624. The predicted molar refractivity (Wildman–Crippen MR) is 553 cm³/mol. The molecule has 6 saturated heterocycles. The molecule has 724 valence electrons. The summed E-state index contributed by atoms with van der Waals surface area (Å²) in [6.07, 6.45) is 10.8. The van der Waals surface area contributed by atoms with Crippen LogP contribution in [0.3, 0.4) is 0 Å². The zero-order valence-corrected chi connectivity index (χ0v) is 82.5. The number of methoxy groups -OCH3 is 3. The van der Waals surface area contributed by atoms with Crippen LogP contribution in [0.5, 0.6) is 17.2 Å². The lowest BCUT2D eigenvalue weighted by Crippen LogP contribution is -2.42. The molecule has 6 fully saturated rings. The van der Waals surface area contributed by atoms with Gasteiger partial charge < -0.3 is 33.8 Å². The Kier molecular flexibility index (Phi) is 39.8. The fourth-order valence-corrected chi connectivity index (χ4v) is 19.1. The van der Waals surface area contributed by atoms with Gasteiger partial charge in [-0.3, -0.25) is 57.7 Å². The molecule has 0 saturated carbocycles. The Morgan fingerprint density at radius 1 is 0.221 bits per heavy atom. The molecule has 6 aliphatic rings. The van der Waals surface area contributed by atoms with Crippen molar-refractivity contribution in [2.75, 3.05) is 99.9 Å². The largest absolute Gasteiger partial charge is 0.497 e. The molecule has 12 aromatic carbocycles. The summed E-state index contributed by atoms with van der Waals surface area (Å²) in [6.45, 7) is 10.3. The number of likely N-dealkylation sites (tertiary alicyclic amines) is 6. The van der Waals surface area contributed by atoms with Crippen molar-refractivity contribution < 1.29 is 62.2 Å². The van der Waals surface area contributed by atoms with E-state index in [4.69, 9.17) is 60.6 Å². The van der Waals surface area contributed by atoms with Crippen LogP contribution in [-0.2, 0) is 13.1 Å². The first-order valence-electron chi connectivity index (χ1n) is 48.1. The Morgan fingerprint density at radius 3 is 0.664 bits per heavy atom. The maximum Gasteiger partial charge on any atom is 0.253 e. The van der Waals surface area contributed by atoms with Crippen LogP contribution in [0.2, 0.25) is 20.1 Å². The molecule has 12 aromatic rings. The molecule has 0 N–H and O–H groups in total. The number of Topliss-reactive ketones (excluding diaryl/α,β-unsaturated/α-hetero) is 6. The molecule has 0 bridgehead atoms. The van der Waals surface area contributed by atoms with E-state index in [1.54, 1.807) is 162 Å². The topological polar surface area (TPSA) is 218 Å². The van der Waals surface area contributed by atoms with Crippen LogP contribution in [0.15, 0.2) is 322 Å². The number of carbonyl (C=O) groups is 10. The number of ether oxygens (including phenoxy) is 3. The SMILES string of the molecule is COc1ccc(C(=O)C2CCCN(C(=O)c3ccccc3)C2)cc1.COc1ccc(C(=O)N2CCCC(C(=O)c3ccccc3)C2)cc1.COc1ccc(CN2CCCC(C(=O)c3ccc(Cl)cc3)C2)cc1.O=C(c1ccc(Cl)cc1)C1CCCN(C(=O)c2ccccc2)C1.O=C(c1ccc(Cl)cc1)C1CCCN(Cc2ccccc2)C1.O=C(c1ccccc1)C1CCCN(C(=O)c2ccc(Cl)cc2)C1. The van der Waals surface area contributed by atoms with Crippen molar-refractivity contribution in [3.63, 3.8) is 0 Å². The van der Waals surface area contributed by atoms with E-state index in [-0.39, 0.29) is 93.8 Å². The normalized spacial score (nSPS) is 17.9. The summed E-state index contributed by atoms with van der Waals surface area (Å²) in [6, 6.07) is 98.3. The minimum Gasteiger partial charge on any atom is -0.497 e. The molecule has 6 aliphatic heterocycles. The van der Waals surface area contributed by atoms with Crippen molar-refractivity contribution in [3.05, 3.63) is 408 Å². The van der Waals surface area contributed by atoms with Crippen LogP contribution in [-0.4, -0.2) is 188 Å². The van der Waals surface area contributed by atoms with Crippen molar-refractivity contribution in [2.24, 2.45) is 35.5 Å². The Bertz CT molecular complexity index is 5790. The van der Waals surface area contributed by atoms with E-state index in [0.717, 1.165) is 156 Å². The van der Waals surface area contributed by atoms with Gasteiger partial charge in [-0.2, -0.15) is 0 Å². The van der Waals surface area contributed by atoms with Crippen LogP contribution in [0, 0.1) is 35.5 Å². The van der Waals surface area contributed by atoms with Crippen LogP contribution < -0.4 is 14.2 Å². The number of carbonyl (C=O) groups excluding carboxylic acids is 10. The first-order valence-corrected chi connectivity index (χ1v) is 49.6. The molecule has 6 heterocycles. The van der Waals surface area contributed by atoms with Gasteiger partial charge in [0.15, 0.2) is 34.7 Å². The summed E-state index contributed by atoms with van der Waals surface area (Å²) in [7, 11) is 4.87. The molecular weight excluding hydrogens is 1840 g/mol. The van der Waals surface area contributed by atoms with E-state index < -0.39 is 0 Å². The first kappa shape index (κ1) is 104. The first-order chi connectivity index (χ1) is 68.0. The van der Waals surface area contributed by atoms with Gasteiger partial charge in [-0.05, 0) is 283 Å². The summed E-state index contributed by atoms with van der Waals surface area (Å²) >= 11 is 23.5. The van der Waals surface area contributed by atoms with Gasteiger partial charge in [0.1, 0.15) is 17.2 Å². The van der Waals surface area contributed by atoms with Gasteiger partial charge in [-0.1, -0.05) is 186 Å². The number of ketones is 6. The van der Waals surface area contributed by atoms with E-state index in [9.17, 15) is 47.9 Å². The van der Waals surface area contributed by atoms with Gasteiger partial charge in [0.2, 0.25) is 0 Å². The van der Waals surface area contributed by atoms with Gasteiger partial charge in [0.25, 0.3) is 23.6 Å². The number of hydrogen-bond donors (Lipinski definition) is 0. The fourth-order valence-electron chi connectivity index (χ4n) is 18.6. The van der Waals surface area contributed by atoms with Crippen molar-refractivity contribution in [1.82, 2.24) is 29.4 Å². The molecule has 4 amide bonds. The van der Waals surface area contributed by atoms with Crippen LogP contribution in [0.4, 0.5) is 0 Å². The lowest BCUT2D eigenvalue weighted by Gasteiger charge is -2.32. The van der Waals surface area contributed by atoms with Crippen molar-refractivity contribution in [1.29, 1.82) is 0 Å². The zero-order chi connectivity index (χ0) is 98.7. The smallest absolute Gasteiger partial charge is 0.253 e. The van der Waals surface area contributed by atoms with Gasteiger partial charge in [-0.25, -0.2) is 0 Å². The average molecular weight is 1960 g/mol. The second kappa shape index (κ2) is 53.4. The van der Waals surface area contributed by atoms with Gasteiger partial charge in [-0.15, -0.1) is 0 Å². The van der Waals surface area contributed by atoms with Crippen molar-refractivity contribution in [3.8, 4) is 17.2 Å². The van der Waals surface area contributed by atoms with Gasteiger partial charge in [0, 0.05) is 190 Å². The summed E-state index contributed by atoms with van der Waals surface area (Å²) in [5, 5.41) is 2.56. The molecule has 0 aliphatic carbocycles. The second-order valence-corrected chi connectivity index (χ2v) is 37.7. The summed E-state index contributed by atoms with van der Waals surface area (Å²) in [5.74, 6) is 2.82. The monoisotopic (exact) mass is 1960 g/mol. The number of rotatable bonds is 23. The highest BCUT2D eigenvalue weighted by atomic mass is 35.5. The molecule has 19 nitrogen and oxygen atoms in total. The number of piperidine rings is 6. The number of benzene rings is 12. The molecular formula is C117H120Cl4N6O13. The zero-order valence-electron chi connectivity index (χ0n) is 79.5. The third-order valence-corrected chi connectivity index (χ3v) is 27.2. The van der Waals surface area contributed by atoms with Crippen LogP contribution >= 0.6 is 46.4 Å². The molecule has 23 heteroatoms. The number of hydrogen-bond acceptors (Lipinski definition) is 15. The maximum absolute atomic E-state index is 12.7. The Hall–Kier alpha value is -13.0. The molecule has 6 unspecified atom stereocenters. The van der Waals surface area contributed by atoms with E-state index >= 15 is 0 Å². The minimum absolute atomic E-state index is 0.000735. The third kappa shape index (κ3) is 30.5. The summed E-state index contributed by atoms with van der Waals surface area (Å²) < 4.78 is 15.4. The number of nitrogens with zero attached hydrogens (tertiary/aromatic N) is 6. The summed E-state index contributed by atoms with van der Waals surface area (Å²) in [5.41, 5.74) is 9.46. The molecule has 140 heavy (non-hydrogen) atoms. The molecule has 0 spiro atoms. The molecule has 18 rings (SSSR count). The molecule has 6 atom stereocenters.